The van der Waals surface area contributed by atoms with Gasteiger partial charge in [0.2, 0.25) is 0 Å². The number of rotatable bonds is 7. The summed E-state index contributed by atoms with van der Waals surface area (Å²) in [6.45, 7) is 6.72. The number of aliphatic imine (C=N–C) groups is 1. The number of hydrogen-bond acceptors (Lipinski definition) is 3. The predicted octanol–water partition coefficient (Wildman–Crippen LogP) is 3.31. The van der Waals surface area contributed by atoms with Crippen molar-refractivity contribution in [3.8, 4) is 0 Å². The summed E-state index contributed by atoms with van der Waals surface area (Å²) >= 11 is 1.70. The van der Waals surface area contributed by atoms with E-state index in [0.717, 1.165) is 42.5 Å². The van der Waals surface area contributed by atoms with Gasteiger partial charge in [-0.05, 0) is 62.4 Å². The number of nitrogens with one attached hydrogen (secondary N) is 2. The summed E-state index contributed by atoms with van der Waals surface area (Å²) in [5.41, 5.74) is 2.11. The number of likely N-dealkylation sites (tertiary alicyclic amines) is 1. The van der Waals surface area contributed by atoms with Gasteiger partial charge in [0.05, 0.1) is 6.54 Å². The molecule has 2 N–H and O–H groups in total. The molecule has 1 aromatic rings. The highest BCUT2D eigenvalue weighted by Gasteiger charge is 2.19. The fraction of sp³-hybridized carbons (Fsp3) is 0.611. The van der Waals surface area contributed by atoms with Crippen LogP contribution in [0.5, 0.6) is 0 Å². The standard InChI is InChI=1S/C18H29FN4S.HI/c1-4-20-18(21-10-14-7-8-23(2)12-14)22-11-15-5-6-17(19)9-16(15)13-24-3;/h5-6,9,14H,4,7-8,10-13H2,1-3H3,(H2,20,21,22);1H. The molecule has 4 nitrogen and oxygen atoms in total. The molecule has 1 saturated heterocycles. The van der Waals surface area contributed by atoms with Gasteiger partial charge in [-0.25, -0.2) is 9.38 Å². The van der Waals surface area contributed by atoms with Crippen molar-refractivity contribution in [2.75, 3.05) is 39.5 Å². The van der Waals surface area contributed by atoms with Crippen molar-refractivity contribution in [3.63, 3.8) is 0 Å². The van der Waals surface area contributed by atoms with Crippen LogP contribution in [0.15, 0.2) is 23.2 Å². The Morgan fingerprint density at radius 1 is 1.36 bits per heavy atom. The molecule has 0 spiro atoms. The Bertz CT molecular complexity index is 556. The van der Waals surface area contributed by atoms with E-state index >= 15 is 0 Å². The van der Waals surface area contributed by atoms with Gasteiger partial charge in [0.1, 0.15) is 5.82 Å². The number of nitrogens with zero attached hydrogens (tertiary/aromatic N) is 2. The van der Waals surface area contributed by atoms with Gasteiger partial charge >= 0.3 is 0 Å². The van der Waals surface area contributed by atoms with E-state index in [0.29, 0.717) is 12.5 Å². The summed E-state index contributed by atoms with van der Waals surface area (Å²) in [6, 6.07) is 4.99. The topological polar surface area (TPSA) is 39.7 Å². The Kier molecular flexibility index (Phi) is 10.8. The molecule has 1 aliphatic rings. The van der Waals surface area contributed by atoms with E-state index in [9.17, 15) is 4.39 Å². The predicted molar refractivity (Wildman–Crippen MR) is 117 cm³/mol. The fourth-order valence-corrected chi connectivity index (χ4v) is 3.56. The van der Waals surface area contributed by atoms with E-state index in [-0.39, 0.29) is 29.8 Å². The summed E-state index contributed by atoms with van der Waals surface area (Å²) < 4.78 is 13.4. The van der Waals surface area contributed by atoms with Crippen molar-refractivity contribution >= 4 is 41.7 Å². The first kappa shape index (κ1) is 22.5. The number of hydrogen-bond donors (Lipinski definition) is 2. The smallest absolute Gasteiger partial charge is 0.191 e. The molecule has 1 aromatic carbocycles. The average Bonchev–Trinajstić information content (AvgIpc) is 2.97. The van der Waals surface area contributed by atoms with Crippen molar-refractivity contribution in [1.29, 1.82) is 0 Å². The van der Waals surface area contributed by atoms with E-state index in [1.165, 1.54) is 19.0 Å². The lowest BCUT2D eigenvalue weighted by Gasteiger charge is -2.15. The zero-order valence-corrected chi connectivity index (χ0v) is 18.5. The molecular formula is C18H30FIN4S. The van der Waals surface area contributed by atoms with E-state index < -0.39 is 0 Å². The van der Waals surface area contributed by atoms with Crippen LogP contribution in [0.1, 0.15) is 24.5 Å². The summed E-state index contributed by atoms with van der Waals surface area (Å²) in [5.74, 6) is 2.14. The molecule has 1 aliphatic heterocycles. The third-order valence-electron chi connectivity index (χ3n) is 4.27. The number of thioether (sulfide) groups is 1. The van der Waals surface area contributed by atoms with E-state index in [4.69, 9.17) is 0 Å². The highest BCUT2D eigenvalue weighted by Crippen LogP contribution is 2.17. The third-order valence-corrected chi connectivity index (χ3v) is 4.87. The Balaban J connectivity index is 0.00000312. The lowest BCUT2D eigenvalue weighted by molar-refractivity contribution is 0.394. The van der Waals surface area contributed by atoms with Gasteiger partial charge in [0.25, 0.3) is 0 Å². The van der Waals surface area contributed by atoms with Gasteiger partial charge in [-0.15, -0.1) is 24.0 Å². The highest BCUT2D eigenvalue weighted by molar-refractivity contribution is 14.0. The van der Waals surface area contributed by atoms with Crippen molar-refractivity contribution in [2.24, 2.45) is 10.9 Å². The monoisotopic (exact) mass is 480 g/mol. The first-order valence-electron chi connectivity index (χ1n) is 8.59. The zero-order chi connectivity index (χ0) is 17.4. The Hall–Kier alpha value is -0.540. The minimum Gasteiger partial charge on any atom is -0.357 e. The van der Waals surface area contributed by atoms with E-state index in [1.807, 2.05) is 12.3 Å². The molecule has 0 amide bonds. The normalized spacial score (nSPS) is 18.1. The van der Waals surface area contributed by atoms with Gasteiger partial charge in [-0.3, -0.25) is 0 Å². The molecule has 1 heterocycles. The van der Waals surface area contributed by atoms with E-state index in [2.05, 4.69) is 34.5 Å². The van der Waals surface area contributed by atoms with E-state index in [1.54, 1.807) is 17.8 Å². The first-order chi connectivity index (χ1) is 11.6. The second-order valence-electron chi connectivity index (χ2n) is 6.34. The fourth-order valence-electron chi connectivity index (χ4n) is 2.98. The van der Waals surface area contributed by atoms with Crippen LogP contribution in [-0.2, 0) is 12.3 Å². The SMILES string of the molecule is CCNC(=NCc1ccc(F)cc1CSC)NCC1CCN(C)C1.I. The van der Waals surface area contributed by atoms with Crippen molar-refractivity contribution < 1.29 is 4.39 Å². The largest absolute Gasteiger partial charge is 0.357 e. The van der Waals surface area contributed by atoms with Gasteiger partial charge in [-0.2, -0.15) is 11.8 Å². The van der Waals surface area contributed by atoms with Crippen LogP contribution < -0.4 is 10.6 Å². The van der Waals surface area contributed by atoms with Crippen LogP contribution in [-0.4, -0.2) is 50.3 Å². The van der Waals surface area contributed by atoms with Crippen molar-refractivity contribution in [2.45, 2.75) is 25.6 Å². The maximum atomic E-state index is 13.4. The molecule has 7 heteroatoms. The van der Waals surface area contributed by atoms with Crippen LogP contribution in [0.25, 0.3) is 0 Å². The zero-order valence-electron chi connectivity index (χ0n) is 15.3. The van der Waals surface area contributed by atoms with Crippen molar-refractivity contribution in [3.05, 3.63) is 35.1 Å². The molecular weight excluding hydrogens is 450 g/mol. The number of halogens is 2. The van der Waals surface area contributed by atoms with Crippen LogP contribution in [0, 0.1) is 11.7 Å². The van der Waals surface area contributed by atoms with Crippen LogP contribution in [0.2, 0.25) is 0 Å². The summed E-state index contributed by atoms with van der Waals surface area (Å²) in [7, 11) is 2.17. The molecule has 0 aliphatic carbocycles. The number of benzene rings is 1. The Morgan fingerprint density at radius 2 is 2.16 bits per heavy atom. The minimum atomic E-state index is -0.179. The molecule has 0 saturated carbocycles. The second kappa shape index (κ2) is 12.0. The molecule has 142 valence electrons. The maximum Gasteiger partial charge on any atom is 0.191 e. The minimum absolute atomic E-state index is 0. The second-order valence-corrected chi connectivity index (χ2v) is 7.21. The molecule has 1 unspecified atom stereocenters. The van der Waals surface area contributed by atoms with Gasteiger partial charge in [0.15, 0.2) is 5.96 Å². The lowest BCUT2D eigenvalue weighted by Crippen LogP contribution is -2.40. The quantitative estimate of drug-likeness (QED) is 0.357. The maximum absolute atomic E-state index is 13.4. The highest BCUT2D eigenvalue weighted by atomic mass is 127. The Morgan fingerprint density at radius 3 is 2.80 bits per heavy atom. The molecule has 0 radical (unpaired) electrons. The summed E-state index contributed by atoms with van der Waals surface area (Å²) in [5, 5.41) is 6.75. The number of guanidine groups is 1. The van der Waals surface area contributed by atoms with Gasteiger partial charge in [0, 0.05) is 25.4 Å². The molecule has 25 heavy (non-hydrogen) atoms. The van der Waals surface area contributed by atoms with Gasteiger partial charge < -0.3 is 15.5 Å². The van der Waals surface area contributed by atoms with Crippen LogP contribution >= 0.6 is 35.7 Å². The summed E-state index contributed by atoms with van der Waals surface area (Å²) in [4.78, 5) is 7.05. The van der Waals surface area contributed by atoms with Crippen LogP contribution in [0.4, 0.5) is 4.39 Å². The molecule has 1 atom stereocenters. The molecule has 2 rings (SSSR count). The van der Waals surface area contributed by atoms with Crippen LogP contribution in [0.3, 0.4) is 0 Å². The average molecular weight is 480 g/mol. The molecule has 0 bridgehead atoms. The first-order valence-corrected chi connectivity index (χ1v) is 9.98. The molecule has 1 fully saturated rings. The third kappa shape index (κ3) is 7.70. The van der Waals surface area contributed by atoms with Crippen molar-refractivity contribution in [1.82, 2.24) is 15.5 Å². The molecule has 0 aromatic heterocycles. The summed E-state index contributed by atoms with van der Waals surface area (Å²) in [6.07, 6.45) is 3.26. The Labute approximate surface area is 172 Å². The lowest BCUT2D eigenvalue weighted by atomic mass is 10.1. The van der Waals surface area contributed by atoms with Gasteiger partial charge in [-0.1, -0.05) is 6.07 Å².